The Morgan fingerprint density at radius 1 is 0.897 bits per heavy atom. The van der Waals surface area contributed by atoms with E-state index in [1.165, 1.54) is 5.69 Å². The first-order valence-electron chi connectivity index (χ1n) is 11.3. The summed E-state index contributed by atoms with van der Waals surface area (Å²) in [4.78, 5) is 31.6. The zero-order valence-corrected chi connectivity index (χ0v) is 17.4. The lowest BCUT2D eigenvalue weighted by Crippen LogP contribution is -2.48. The van der Waals surface area contributed by atoms with E-state index in [0.717, 1.165) is 83.4 Å². The van der Waals surface area contributed by atoms with E-state index in [9.17, 15) is 9.59 Å². The Balaban J connectivity index is 1.16. The second-order valence-electron chi connectivity index (χ2n) is 8.60. The number of allylic oxidation sites excluding steroid dienone is 1. The van der Waals surface area contributed by atoms with E-state index < -0.39 is 0 Å². The third-order valence-corrected chi connectivity index (χ3v) is 6.74. The second kappa shape index (κ2) is 9.47. The third-order valence-electron chi connectivity index (χ3n) is 6.74. The summed E-state index contributed by atoms with van der Waals surface area (Å²) in [7, 11) is 0. The number of rotatable bonds is 5. The Labute approximate surface area is 174 Å². The van der Waals surface area contributed by atoms with Gasteiger partial charge in [-0.15, -0.1) is 0 Å². The summed E-state index contributed by atoms with van der Waals surface area (Å²) in [5.74, 6) is 1.13. The average molecular weight is 396 g/mol. The molecule has 0 bridgehead atoms. The molecule has 0 N–H and O–H groups in total. The van der Waals surface area contributed by atoms with E-state index >= 15 is 0 Å². The Hall–Kier alpha value is -2.30. The SMILES string of the molecule is O=C(CCC1CCN(C(=O)C2=CCCC2)CC1)N1CCN(c2ccccc2)CC1. The molecule has 0 radical (unpaired) electrons. The number of hydrogen-bond acceptors (Lipinski definition) is 3. The molecule has 5 nitrogen and oxygen atoms in total. The number of likely N-dealkylation sites (tertiary alicyclic amines) is 1. The van der Waals surface area contributed by atoms with E-state index in [2.05, 4.69) is 35.2 Å². The number of amides is 2. The van der Waals surface area contributed by atoms with Crippen LogP contribution in [0.3, 0.4) is 0 Å². The van der Waals surface area contributed by atoms with Crippen molar-refractivity contribution in [3.8, 4) is 0 Å². The number of nitrogens with zero attached hydrogens (tertiary/aromatic N) is 3. The van der Waals surface area contributed by atoms with Gasteiger partial charge in [-0.2, -0.15) is 0 Å². The minimum atomic E-state index is 0.258. The monoisotopic (exact) mass is 395 g/mol. The van der Waals surface area contributed by atoms with Crippen LogP contribution < -0.4 is 4.90 Å². The topological polar surface area (TPSA) is 43.9 Å². The Kier molecular flexibility index (Phi) is 6.53. The van der Waals surface area contributed by atoms with Crippen molar-refractivity contribution >= 4 is 17.5 Å². The standard InChI is InChI=1S/C24H33N3O2/c28-23(26-18-16-25(17-19-26)22-8-2-1-3-9-22)11-10-20-12-14-27(15-13-20)24(29)21-6-4-5-7-21/h1-3,6,8-9,20H,4-5,7,10-19H2. The summed E-state index contributed by atoms with van der Waals surface area (Å²) in [6, 6.07) is 10.4. The van der Waals surface area contributed by atoms with Crippen molar-refractivity contribution in [1.82, 2.24) is 9.80 Å². The molecule has 0 atom stereocenters. The summed E-state index contributed by atoms with van der Waals surface area (Å²) in [5.41, 5.74) is 2.27. The molecule has 2 fully saturated rings. The minimum Gasteiger partial charge on any atom is -0.368 e. The van der Waals surface area contributed by atoms with Gasteiger partial charge in [0.1, 0.15) is 0 Å². The Morgan fingerprint density at radius 2 is 1.62 bits per heavy atom. The van der Waals surface area contributed by atoms with Crippen molar-refractivity contribution in [2.75, 3.05) is 44.2 Å². The normalized spacial score (nSPS) is 20.7. The molecule has 0 unspecified atom stereocenters. The first kappa shape index (κ1) is 20.0. The number of hydrogen-bond donors (Lipinski definition) is 0. The number of benzene rings is 1. The molecule has 4 rings (SSSR count). The lowest BCUT2D eigenvalue weighted by Gasteiger charge is -2.36. The zero-order chi connectivity index (χ0) is 20.1. The van der Waals surface area contributed by atoms with Gasteiger partial charge in [-0.1, -0.05) is 24.3 Å². The maximum Gasteiger partial charge on any atom is 0.249 e. The summed E-state index contributed by atoms with van der Waals surface area (Å²) >= 11 is 0. The van der Waals surface area contributed by atoms with Crippen LogP contribution in [0.4, 0.5) is 5.69 Å². The maximum absolute atomic E-state index is 12.7. The third kappa shape index (κ3) is 5.01. The highest BCUT2D eigenvalue weighted by molar-refractivity contribution is 5.93. The molecule has 156 valence electrons. The van der Waals surface area contributed by atoms with Crippen LogP contribution in [0.15, 0.2) is 42.0 Å². The highest BCUT2D eigenvalue weighted by Gasteiger charge is 2.27. The predicted octanol–water partition coefficient (Wildman–Crippen LogP) is 3.46. The first-order chi connectivity index (χ1) is 14.2. The van der Waals surface area contributed by atoms with Crippen molar-refractivity contribution < 1.29 is 9.59 Å². The smallest absolute Gasteiger partial charge is 0.249 e. The van der Waals surface area contributed by atoms with Crippen molar-refractivity contribution in [3.05, 3.63) is 42.0 Å². The fourth-order valence-electron chi connectivity index (χ4n) is 4.83. The number of carbonyl (C=O) groups is 2. The first-order valence-corrected chi connectivity index (χ1v) is 11.3. The zero-order valence-electron chi connectivity index (χ0n) is 17.4. The Bertz CT molecular complexity index is 730. The van der Waals surface area contributed by atoms with Gasteiger partial charge >= 0.3 is 0 Å². The van der Waals surface area contributed by atoms with E-state index in [4.69, 9.17) is 0 Å². The highest BCUT2D eigenvalue weighted by Crippen LogP contribution is 2.26. The molecule has 5 heteroatoms. The number of piperidine rings is 1. The lowest BCUT2D eigenvalue weighted by atomic mass is 9.91. The molecule has 2 amide bonds. The Morgan fingerprint density at radius 3 is 2.28 bits per heavy atom. The molecular weight excluding hydrogens is 362 g/mol. The number of carbonyl (C=O) groups excluding carboxylic acids is 2. The van der Waals surface area contributed by atoms with Crippen LogP contribution in [0, 0.1) is 5.92 Å². The quantitative estimate of drug-likeness (QED) is 0.767. The van der Waals surface area contributed by atoms with Gasteiger partial charge < -0.3 is 14.7 Å². The largest absolute Gasteiger partial charge is 0.368 e. The van der Waals surface area contributed by atoms with Crippen molar-refractivity contribution in [1.29, 1.82) is 0 Å². The summed E-state index contributed by atoms with van der Waals surface area (Å²) in [6.07, 6.45) is 8.92. The van der Waals surface area contributed by atoms with Gasteiger partial charge in [0.2, 0.25) is 11.8 Å². The van der Waals surface area contributed by atoms with Crippen LogP contribution in [-0.2, 0) is 9.59 Å². The molecule has 1 aromatic rings. The van der Waals surface area contributed by atoms with Crippen LogP contribution in [0.2, 0.25) is 0 Å². The molecule has 0 aromatic heterocycles. The second-order valence-corrected chi connectivity index (χ2v) is 8.60. The number of para-hydroxylation sites is 1. The summed E-state index contributed by atoms with van der Waals surface area (Å²) in [6.45, 7) is 5.15. The highest BCUT2D eigenvalue weighted by atomic mass is 16.2. The molecule has 1 aliphatic carbocycles. The van der Waals surface area contributed by atoms with Crippen molar-refractivity contribution in [2.45, 2.75) is 44.9 Å². The molecule has 1 aromatic carbocycles. The molecule has 0 saturated carbocycles. The number of anilines is 1. The minimum absolute atomic E-state index is 0.258. The molecule has 2 aliphatic heterocycles. The molecule has 2 heterocycles. The molecule has 2 saturated heterocycles. The van der Waals surface area contributed by atoms with E-state index in [-0.39, 0.29) is 5.91 Å². The maximum atomic E-state index is 12.7. The predicted molar refractivity (Wildman–Crippen MR) is 116 cm³/mol. The van der Waals surface area contributed by atoms with Crippen LogP contribution in [-0.4, -0.2) is 60.9 Å². The van der Waals surface area contributed by atoms with Gasteiger partial charge in [-0.3, -0.25) is 9.59 Å². The summed E-state index contributed by atoms with van der Waals surface area (Å²) in [5, 5.41) is 0. The molecule has 29 heavy (non-hydrogen) atoms. The van der Waals surface area contributed by atoms with Crippen LogP contribution in [0.5, 0.6) is 0 Å². The van der Waals surface area contributed by atoms with E-state index in [0.29, 0.717) is 18.2 Å². The van der Waals surface area contributed by atoms with Gasteiger partial charge in [0.25, 0.3) is 0 Å². The number of piperazine rings is 1. The van der Waals surface area contributed by atoms with Gasteiger partial charge in [0.05, 0.1) is 0 Å². The van der Waals surface area contributed by atoms with Crippen molar-refractivity contribution in [3.63, 3.8) is 0 Å². The molecular formula is C24H33N3O2. The van der Waals surface area contributed by atoms with Gasteiger partial charge in [0.15, 0.2) is 0 Å². The fraction of sp³-hybridized carbons (Fsp3) is 0.583. The van der Waals surface area contributed by atoms with Gasteiger partial charge in [-0.25, -0.2) is 0 Å². The lowest BCUT2D eigenvalue weighted by molar-refractivity contribution is -0.132. The molecule has 3 aliphatic rings. The molecule has 0 spiro atoms. The van der Waals surface area contributed by atoms with Crippen molar-refractivity contribution in [2.24, 2.45) is 5.92 Å². The van der Waals surface area contributed by atoms with Gasteiger partial charge in [-0.05, 0) is 56.6 Å². The van der Waals surface area contributed by atoms with Crippen LogP contribution in [0.25, 0.3) is 0 Å². The van der Waals surface area contributed by atoms with Crippen LogP contribution >= 0.6 is 0 Å². The summed E-state index contributed by atoms with van der Waals surface area (Å²) < 4.78 is 0. The van der Waals surface area contributed by atoms with E-state index in [1.54, 1.807) is 0 Å². The average Bonchev–Trinajstić information content (AvgIpc) is 3.33. The van der Waals surface area contributed by atoms with Gasteiger partial charge in [0, 0.05) is 56.9 Å². The fourth-order valence-corrected chi connectivity index (χ4v) is 4.83. The van der Waals surface area contributed by atoms with E-state index in [1.807, 2.05) is 15.9 Å². The van der Waals surface area contributed by atoms with Crippen LogP contribution in [0.1, 0.15) is 44.9 Å².